The molecule has 2 fully saturated rings. The van der Waals surface area contributed by atoms with Gasteiger partial charge in [-0.1, -0.05) is 24.4 Å². The second kappa shape index (κ2) is 7.34. The first-order valence-electron chi connectivity index (χ1n) is 8.43. The minimum absolute atomic E-state index is 0.208. The van der Waals surface area contributed by atoms with Crippen LogP contribution in [-0.4, -0.2) is 35.0 Å². The minimum Gasteiger partial charge on any atom is -0.382 e. The van der Waals surface area contributed by atoms with Gasteiger partial charge in [-0.05, 0) is 31.6 Å². The minimum atomic E-state index is 0.208. The third-order valence-corrected chi connectivity index (χ3v) is 5.27. The number of aromatic nitrogens is 2. The van der Waals surface area contributed by atoms with Crippen molar-refractivity contribution in [3.8, 4) is 0 Å². The SMILES string of the molecule is Nc1ncnc(N2CCC(NC(=O)CC3CCCC3)CC2)c1Cl. The molecule has 3 rings (SSSR count). The average Bonchev–Trinajstić information content (AvgIpc) is 3.04. The van der Waals surface area contributed by atoms with Crippen molar-refractivity contribution in [2.45, 2.75) is 51.0 Å². The molecule has 0 atom stereocenters. The highest BCUT2D eigenvalue weighted by Crippen LogP contribution is 2.29. The van der Waals surface area contributed by atoms with Crippen molar-refractivity contribution in [3.05, 3.63) is 11.3 Å². The number of hydrogen-bond donors (Lipinski definition) is 2. The summed E-state index contributed by atoms with van der Waals surface area (Å²) in [7, 11) is 0. The van der Waals surface area contributed by atoms with Gasteiger partial charge in [0.05, 0.1) is 0 Å². The fourth-order valence-electron chi connectivity index (χ4n) is 3.59. The fraction of sp³-hybridized carbons (Fsp3) is 0.688. The summed E-state index contributed by atoms with van der Waals surface area (Å²) in [5.74, 6) is 1.80. The van der Waals surface area contributed by atoms with E-state index in [1.165, 1.54) is 32.0 Å². The van der Waals surface area contributed by atoms with Crippen molar-refractivity contribution in [2.75, 3.05) is 23.7 Å². The summed E-state index contributed by atoms with van der Waals surface area (Å²) in [5, 5.41) is 3.60. The number of piperidine rings is 1. The van der Waals surface area contributed by atoms with Crippen LogP contribution >= 0.6 is 11.6 Å². The molecule has 126 valence electrons. The van der Waals surface area contributed by atoms with E-state index in [1.807, 2.05) is 0 Å². The molecule has 6 nitrogen and oxygen atoms in total. The van der Waals surface area contributed by atoms with Crippen LogP contribution < -0.4 is 16.0 Å². The van der Waals surface area contributed by atoms with E-state index in [9.17, 15) is 4.79 Å². The van der Waals surface area contributed by atoms with Gasteiger partial charge < -0.3 is 16.0 Å². The Morgan fingerprint density at radius 3 is 2.65 bits per heavy atom. The number of carbonyl (C=O) groups is 1. The molecule has 1 saturated carbocycles. The largest absolute Gasteiger partial charge is 0.382 e. The van der Waals surface area contributed by atoms with Crippen LogP contribution in [0.15, 0.2) is 6.33 Å². The van der Waals surface area contributed by atoms with Gasteiger partial charge in [0.2, 0.25) is 5.91 Å². The van der Waals surface area contributed by atoms with Gasteiger partial charge in [-0.25, -0.2) is 9.97 Å². The van der Waals surface area contributed by atoms with Crippen molar-refractivity contribution in [2.24, 2.45) is 5.92 Å². The van der Waals surface area contributed by atoms with Crippen molar-refractivity contribution in [1.29, 1.82) is 0 Å². The molecule has 1 amide bonds. The molecule has 0 unspecified atom stereocenters. The van der Waals surface area contributed by atoms with Crippen molar-refractivity contribution in [1.82, 2.24) is 15.3 Å². The Balaban J connectivity index is 1.48. The molecule has 1 aliphatic heterocycles. The van der Waals surface area contributed by atoms with Crippen molar-refractivity contribution < 1.29 is 4.79 Å². The molecule has 1 aromatic rings. The zero-order chi connectivity index (χ0) is 16.2. The number of halogens is 1. The second-order valence-electron chi connectivity index (χ2n) is 6.58. The van der Waals surface area contributed by atoms with E-state index in [0.29, 0.717) is 29.0 Å². The summed E-state index contributed by atoms with van der Waals surface area (Å²) in [5.41, 5.74) is 5.73. The second-order valence-corrected chi connectivity index (χ2v) is 6.96. The average molecular weight is 338 g/mol. The molecule has 0 radical (unpaired) electrons. The summed E-state index contributed by atoms with van der Waals surface area (Å²) < 4.78 is 0. The Labute approximate surface area is 141 Å². The van der Waals surface area contributed by atoms with Crippen LogP contribution in [0.1, 0.15) is 44.9 Å². The molecule has 0 spiro atoms. The van der Waals surface area contributed by atoms with Crippen molar-refractivity contribution >= 4 is 29.1 Å². The molecule has 1 saturated heterocycles. The molecule has 1 aromatic heterocycles. The molecule has 7 heteroatoms. The molecular weight excluding hydrogens is 314 g/mol. The lowest BCUT2D eigenvalue weighted by Gasteiger charge is -2.33. The highest BCUT2D eigenvalue weighted by molar-refractivity contribution is 6.35. The predicted octanol–water partition coefficient (Wildman–Crippen LogP) is 2.38. The highest BCUT2D eigenvalue weighted by atomic mass is 35.5. The van der Waals surface area contributed by atoms with E-state index in [-0.39, 0.29) is 11.9 Å². The van der Waals surface area contributed by atoms with Crippen LogP contribution in [0.25, 0.3) is 0 Å². The molecule has 3 N–H and O–H groups in total. The van der Waals surface area contributed by atoms with Gasteiger partial charge in [-0.15, -0.1) is 0 Å². The summed E-state index contributed by atoms with van der Waals surface area (Å²) in [6, 6.07) is 0.248. The van der Waals surface area contributed by atoms with Crippen LogP contribution in [-0.2, 0) is 4.79 Å². The van der Waals surface area contributed by atoms with Gasteiger partial charge in [0.25, 0.3) is 0 Å². The van der Waals surface area contributed by atoms with E-state index >= 15 is 0 Å². The molecule has 2 heterocycles. The molecule has 1 aliphatic carbocycles. The maximum Gasteiger partial charge on any atom is 0.220 e. The lowest BCUT2D eigenvalue weighted by Crippen LogP contribution is -2.45. The number of rotatable bonds is 4. The van der Waals surface area contributed by atoms with Gasteiger partial charge in [0.1, 0.15) is 17.2 Å². The number of anilines is 2. The Bertz CT molecular complexity index is 553. The third kappa shape index (κ3) is 4.05. The first-order chi connectivity index (χ1) is 11.1. The van der Waals surface area contributed by atoms with E-state index in [0.717, 1.165) is 25.9 Å². The number of nitrogens with two attached hydrogens (primary N) is 1. The topological polar surface area (TPSA) is 84.1 Å². The number of amides is 1. The summed E-state index contributed by atoms with van der Waals surface area (Å²) in [4.78, 5) is 22.4. The van der Waals surface area contributed by atoms with Gasteiger partial charge in [-0.3, -0.25) is 4.79 Å². The molecule has 0 aromatic carbocycles. The number of nitrogens with one attached hydrogen (secondary N) is 1. The Morgan fingerprint density at radius 2 is 1.96 bits per heavy atom. The van der Waals surface area contributed by atoms with Gasteiger partial charge in [0, 0.05) is 25.6 Å². The molecular formula is C16H24ClN5O. The quantitative estimate of drug-likeness (QED) is 0.881. The Kier molecular flexibility index (Phi) is 5.20. The zero-order valence-electron chi connectivity index (χ0n) is 13.3. The third-order valence-electron chi connectivity index (χ3n) is 4.91. The van der Waals surface area contributed by atoms with E-state index in [4.69, 9.17) is 17.3 Å². The predicted molar refractivity (Wildman–Crippen MR) is 91.4 cm³/mol. The Hall–Kier alpha value is -1.56. The lowest BCUT2D eigenvalue weighted by atomic mass is 10.0. The van der Waals surface area contributed by atoms with Crippen LogP contribution in [0.3, 0.4) is 0 Å². The lowest BCUT2D eigenvalue weighted by molar-refractivity contribution is -0.122. The van der Waals surface area contributed by atoms with Gasteiger partial charge in [-0.2, -0.15) is 0 Å². The monoisotopic (exact) mass is 337 g/mol. The van der Waals surface area contributed by atoms with Gasteiger partial charge in [0.15, 0.2) is 5.82 Å². The van der Waals surface area contributed by atoms with Crippen LogP contribution in [0.2, 0.25) is 5.02 Å². The maximum absolute atomic E-state index is 12.1. The first-order valence-corrected chi connectivity index (χ1v) is 8.81. The molecule has 2 aliphatic rings. The molecule has 23 heavy (non-hydrogen) atoms. The van der Waals surface area contributed by atoms with Crippen LogP contribution in [0.5, 0.6) is 0 Å². The first kappa shape index (κ1) is 16.3. The standard InChI is InChI=1S/C16H24ClN5O/c17-14-15(18)19-10-20-16(14)22-7-5-12(6-8-22)21-13(23)9-11-3-1-2-4-11/h10-12H,1-9H2,(H,21,23)(H2,18,19,20). The van der Waals surface area contributed by atoms with Crippen LogP contribution in [0, 0.1) is 5.92 Å². The number of carbonyl (C=O) groups excluding carboxylic acids is 1. The highest BCUT2D eigenvalue weighted by Gasteiger charge is 2.25. The number of nitrogens with zero attached hydrogens (tertiary/aromatic N) is 3. The maximum atomic E-state index is 12.1. The summed E-state index contributed by atoms with van der Waals surface area (Å²) in [6.45, 7) is 1.62. The smallest absolute Gasteiger partial charge is 0.220 e. The number of hydrogen-bond acceptors (Lipinski definition) is 5. The van der Waals surface area contributed by atoms with E-state index < -0.39 is 0 Å². The Morgan fingerprint density at radius 1 is 1.26 bits per heavy atom. The van der Waals surface area contributed by atoms with E-state index in [2.05, 4.69) is 20.2 Å². The summed E-state index contributed by atoms with van der Waals surface area (Å²) in [6.07, 6.45) is 8.89. The normalized spacial score (nSPS) is 20.0. The number of nitrogen functional groups attached to an aromatic ring is 1. The fourth-order valence-corrected chi connectivity index (χ4v) is 3.81. The van der Waals surface area contributed by atoms with Gasteiger partial charge >= 0.3 is 0 Å². The zero-order valence-corrected chi connectivity index (χ0v) is 14.1. The van der Waals surface area contributed by atoms with E-state index in [1.54, 1.807) is 0 Å². The van der Waals surface area contributed by atoms with Crippen molar-refractivity contribution in [3.63, 3.8) is 0 Å². The summed E-state index contributed by atoms with van der Waals surface area (Å²) >= 11 is 6.18. The molecule has 0 bridgehead atoms. The van der Waals surface area contributed by atoms with Crippen LogP contribution in [0.4, 0.5) is 11.6 Å².